The Morgan fingerprint density at radius 3 is 1.09 bits per heavy atom. The van der Waals surface area contributed by atoms with Crippen molar-refractivity contribution in [3.05, 3.63) is 0 Å². The largest absolute Gasteiger partial charge is 2.00 e. The van der Waals surface area contributed by atoms with E-state index < -0.39 is 0 Å². The third kappa shape index (κ3) is 37.7. The van der Waals surface area contributed by atoms with Crippen molar-refractivity contribution in [2.24, 2.45) is 0 Å². The minimum absolute atomic E-state index is 0. The van der Waals surface area contributed by atoms with Crippen molar-refractivity contribution in [3.8, 4) is 0 Å². The summed E-state index contributed by atoms with van der Waals surface area (Å²) >= 11 is 0. The monoisotopic (exact) mass is 201 g/mol. The van der Waals surface area contributed by atoms with Gasteiger partial charge in [0.2, 0.25) is 0 Å². The molecular formula is C8H18MnO2. The Balaban J connectivity index is -0.000000107. The first-order valence-corrected chi connectivity index (χ1v) is 3.99. The van der Waals surface area contributed by atoms with Gasteiger partial charge in [0.05, 0.1) is 0 Å². The molecule has 0 aromatic carbocycles. The zero-order chi connectivity index (χ0) is 8.24. The van der Waals surface area contributed by atoms with Crippen LogP contribution in [0.15, 0.2) is 0 Å². The predicted molar refractivity (Wildman–Crippen MR) is 39.6 cm³/mol. The fourth-order valence-corrected chi connectivity index (χ4v) is 0.289. The van der Waals surface area contributed by atoms with Gasteiger partial charge < -0.3 is 10.2 Å². The minimum Gasteiger partial charge on any atom is -0.854 e. The Kier molecular flexibility index (Phi) is 35.7. The first kappa shape index (κ1) is 17.5. The van der Waals surface area contributed by atoms with E-state index >= 15 is 0 Å². The quantitative estimate of drug-likeness (QED) is 0.614. The van der Waals surface area contributed by atoms with Crippen molar-refractivity contribution < 1.29 is 27.3 Å². The van der Waals surface area contributed by atoms with E-state index in [2.05, 4.69) is 0 Å². The van der Waals surface area contributed by atoms with Crippen molar-refractivity contribution in [3.63, 3.8) is 0 Å². The number of hydrogen-bond donors (Lipinski definition) is 0. The zero-order valence-electron chi connectivity index (χ0n) is 7.44. The molecule has 2 nitrogen and oxygen atoms in total. The molecule has 0 N–H and O–H groups in total. The molecule has 0 aromatic heterocycles. The maximum Gasteiger partial charge on any atom is 2.00 e. The fourth-order valence-electron chi connectivity index (χ4n) is 0.289. The molecule has 0 bridgehead atoms. The molecule has 0 aliphatic rings. The summed E-state index contributed by atoms with van der Waals surface area (Å²) in [6, 6.07) is 0. The second-order valence-corrected chi connectivity index (χ2v) is 2.12. The Bertz CT molecular complexity index is 33.1. The van der Waals surface area contributed by atoms with Gasteiger partial charge in [0.15, 0.2) is 0 Å². The van der Waals surface area contributed by atoms with Crippen molar-refractivity contribution in [2.75, 3.05) is 13.2 Å². The van der Waals surface area contributed by atoms with Gasteiger partial charge in [0, 0.05) is 0 Å². The van der Waals surface area contributed by atoms with Crippen LogP contribution in [-0.4, -0.2) is 13.2 Å². The third-order valence-corrected chi connectivity index (χ3v) is 0.996. The fraction of sp³-hybridized carbons (Fsp3) is 1.00. The third-order valence-electron chi connectivity index (χ3n) is 0.996. The molecule has 0 amide bonds. The molecule has 0 aliphatic carbocycles. The number of unbranched alkanes of at least 4 members (excludes halogenated alkanes) is 2. The number of hydrogen-bond acceptors (Lipinski definition) is 2. The van der Waals surface area contributed by atoms with Crippen LogP contribution in [-0.2, 0) is 17.1 Å². The Morgan fingerprint density at radius 2 is 1.09 bits per heavy atom. The number of rotatable bonds is 4. The first-order chi connectivity index (χ1) is 4.83. The topological polar surface area (TPSA) is 46.1 Å². The molecule has 69 valence electrons. The molecule has 0 fully saturated rings. The molecule has 1 radical (unpaired) electrons. The van der Waals surface area contributed by atoms with Crippen LogP contribution in [0.25, 0.3) is 0 Å². The van der Waals surface area contributed by atoms with Crippen molar-refractivity contribution in [1.82, 2.24) is 0 Å². The second-order valence-electron chi connectivity index (χ2n) is 2.12. The predicted octanol–water partition coefficient (Wildman–Crippen LogP) is 0.291. The molecule has 0 aliphatic heterocycles. The summed E-state index contributed by atoms with van der Waals surface area (Å²) < 4.78 is 0. The Labute approximate surface area is 80.5 Å². The van der Waals surface area contributed by atoms with Gasteiger partial charge in [-0.25, -0.2) is 0 Å². The molecule has 0 saturated heterocycles. The minimum atomic E-state index is 0. The van der Waals surface area contributed by atoms with E-state index in [1.807, 2.05) is 13.8 Å². The van der Waals surface area contributed by atoms with Crippen molar-refractivity contribution in [1.29, 1.82) is 0 Å². The van der Waals surface area contributed by atoms with E-state index in [0.717, 1.165) is 25.7 Å². The molecule has 0 aromatic rings. The van der Waals surface area contributed by atoms with E-state index in [9.17, 15) is 10.2 Å². The average Bonchev–Trinajstić information content (AvgIpc) is 1.93. The van der Waals surface area contributed by atoms with Crippen LogP contribution in [0.5, 0.6) is 0 Å². The van der Waals surface area contributed by atoms with Gasteiger partial charge in [-0.3, -0.25) is 0 Å². The maximum atomic E-state index is 9.53. The van der Waals surface area contributed by atoms with Crippen molar-refractivity contribution in [2.45, 2.75) is 39.5 Å². The summed E-state index contributed by atoms with van der Waals surface area (Å²) in [7, 11) is 0. The summed E-state index contributed by atoms with van der Waals surface area (Å²) in [6.45, 7) is 4.21. The van der Waals surface area contributed by atoms with Crippen LogP contribution in [0.1, 0.15) is 39.5 Å². The summed E-state index contributed by atoms with van der Waals surface area (Å²) in [5.41, 5.74) is 0. The van der Waals surface area contributed by atoms with E-state index in [-0.39, 0.29) is 30.3 Å². The zero-order valence-corrected chi connectivity index (χ0v) is 8.62. The molecule has 0 saturated carbocycles. The molecule has 0 rings (SSSR count). The Morgan fingerprint density at radius 1 is 0.818 bits per heavy atom. The van der Waals surface area contributed by atoms with E-state index in [1.54, 1.807) is 0 Å². The molecule has 0 atom stereocenters. The SMILES string of the molecule is CCCC[O-].CCCC[O-].[Mn+2]. The van der Waals surface area contributed by atoms with Crippen LogP contribution in [0.3, 0.4) is 0 Å². The maximum absolute atomic E-state index is 9.53. The van der Waals surface area contributed by atoms with E-state index in [0.29, 0.717) is 0 Å². The molecule has 0 heterocycles. The van der Waals surface area contributed by atoms with Gasteiger partial charge in [-0.2, -0.15) is 0 Å². The summed E-state index contributed by atoms with van der Waals surface area (Å²) in [4.78, 5) is 0. The van der Waals surface area contributed by atoms with Crippen LogP contribution >= 0.6 is 0 Å². The Hall–Kier alpha value is 0.439. The second kappa shape index (κ2) is 22.4. The molecular weight excluding hydrogens is 183 g/mol. The van der Waals surface area contributed by atoms with Gasteiger partial charge in [-0.15, -0.1) is 13.2 Å². The van der Waals surface area contributed by atoms with Gasteiger partial charge in [-0.1, -0.05) is 39.5 Å². The van der Waals surface area contributed by atoms with Crippen molar-refractivity contribution >= 4 is 0 Å². The van der Waals surface area contributed by atoms with Gasteiger partial charge in [0.1, 0.15) is 0 Å². The summed E-state index contributed by atoms with van der Waals surface area (Å²) in [6.07, 6.45) is 3.73. The summed E-state index contributed by atoms with van der Waals surface area (Å²) in [5.74, 6) is 0. The first-order valence-electron chi connectivity index (χ1n) is 3.99. The molecule has 0 unspecified atom stereocenters. The van der Waals surface area contributed by atoms with Crippen LogP contribution in [0.2, 0.25) is 0 Å². The van der Waals surface area contributed by atoms with Crippen LogP contribution in [0, 0.1) is 0 Å². The van der Waals surface area contributed by atoms with Gasteiger partial charge in [-0.05, 0) is 0 Å². The smallest absolute Gasteiger partial charge is 0.854 e. The summed E-state index contributed by atoms with van der Waals surface area (Å²) in [5, 5.41) is 19.1. The van der Waals surface area contributed by atoms with E-state index in [1.165, 1.54) is 0 Å². The van der Waals surface area contributed by atoms with E-state index in [4.69, 9.17) is 0 Å². The normalized spacial score (nSPS) is 7.64. The van der Waals surface area contributed by atoms with Crippen LogP contribution in [0.4, 0.5) is 0 Å². The van der Waals surface area contributed by atoms with Gasteiger partial charge in [0.25, 0.3) is 0 Å². The standard InChI is InChI=1S/2C4H9O.Mn/c2*1-2-3-4-5;/h2*2-4H2,1H3;/q2*-1;+2. The molecule has 11 heavy (non-hydrogen) atoms. The van der Waals surface area contributed by atoms with Gasteiger partial charge >= 0.3 is 17.1 Å². The van der Waals surface area contributed by atoms with Crippen LogP contribution < -0.4 is 10.2 Å². The molecule has 0 spiro atoms. The molecule has 3 heteroatoms. The average molecular weight is 201 g/mol.